The van der Waals surface area contributed by atoms with E-state index in [0.29, 0.717) is 25.9 Å². The summed E-state index contributed by atoms with van der Waals surface area (Å²) in [6.45, 7) is 2.53. The fourth-order valence-electron chi connectivity index (χ4n) is 2.25. The van der Waals surface area contributed by atoms with Crippen LogP contribution in [0.15, 0.2) is 0 Å². The van der Waals surface area contributed by atoms with Crippen molar-refractivity contribution in [1.82, 2.24) is 9.80 Å². The lowest BCUT2D eigenvalue weighted by atomic mass is 9.94. The van der Waals surface area contributed by atoms with E-state index in [1.807, 2.05) is 0 Å². The highest BCUT2D eigenvalue weighted by molar-refractivity contribution is 5.80. The Morgan fingerprint density at radius 3 is 2.33 bits per heavy atom. The molecule has 102 valence electrons. The third-order valence-electron chi connectivity index (χ3n) is 3.65. The summed E-state index contributed by atoms with van der Waals surface area (Å²) in [6, 6.07) is -0.105. The van der Waals surface area contributed by atoms with Gasteiger partial charge in [0.25, 0.3) is 0 Å². The molecule has 6 nitrogen and oxygen atoms in total. The summed E-state index contributed by atoms with van der Waals surface area (Å²) in [5, 5.41) is 18.7. The standard InChI is InChI=1S/C12H20N2O4/c1-12(18)4-6-13(7-5-12)11(17)14(8-10(15)16)9-2-3-9/h9,18H,2-8H2,1H3,(H,15,16). The molecule has 6 heteroatoms. The smallest absolute Gasteiger partial charge is 0.323 e. The first-order valence-corrected chi connectivity index (χ1v) is 6.39. The number of nitrogens with zero attached hydrogens (tertiary/aromatic N) is 2. The normalized spacial score (nSPS) is 22.7. The summed E-state index contributed by atoms with van der Waals surface area (Å²) >= 11 is 0. The molecule has 0 aromatic rings. The molecule has 2 rings (SSSR count). The summed E-state index contributed by atoms with van der Waals surface area (Å²) in [7, 11) is 0. The van der Waals surface area contributed by atoms with E-state index in [9.17, 15) is 14.7 Å². The Kier molecular flexibility index (Phi) is 3.47. The van der Waals surface area contributed by atoms with Crippen molar-refractivity contribution in [3.8, 4) is 0 Å². The van der Waals surface area contributed by atoms with Crippen LogP contribution in [-0.4, -0.2) is 63.3 Å². The van der Waals surface area contributed by atoms with Crippen molar-refractivity contribution in [1.29, 1.82) is 0 Å². The molecule has 0 bridgehead atoms. The zero-order valence-electron chi connectivity index (χ0n) is 10.6. The third kappa shape index (κ3) is 3.13. The summed E-state index contributed by atoms with van der Waals surface area (Å²) in [6.07, 6.45) is 2.88. The largest absolute Gasteiger partial charge is 0.480 e. The molecule has 18 heavy (non-hydrogen) atoms. The molecule has 0 radical (unpaired) electrons. The number of piperidine rings is 1. The lowest BCUT2D eigenvalue weighted by Gasteiger charge is -2.38. The van der Waals surface area contributed by atoms with Gasteiger partial charge in [-0.1, -0.05) is 0 Å². The summed E-state index contributed by atoms with van der Waals surface area (Å²) < 4.78 is 0. The SMILES string of the molecule is CC1(O)CCN(C(=O)N(CC(=O)O)C2CC2)CC1. The molecular formula is C12H20N2O4. The van der Waals surface area contributed by atoms with Gasteiger partial charge in [-0.25, -0.2) is 4.79 Å². The van der Waals surface area contributed by atoms with E-state index in [-0.39, 0.29) is 18.6 Å². The molecule has 0 aromatic heterocycles. The zero-order chi connectivity index (χ0) is 13.3. The van der Waals surface area contributed by atoms with Crippen LogP contribution < -0.4 is 0 Å². The quantitative estimate of drug-likeness (QED) is 0.770. The maximum atomic E-state index is 12.2. The summed E-state index contributed by atoms with van der Waals surface area (Å²) in [5.41, 5.74) is -0.700. The zero-order valence-corrected chi connectivity index (χ0v) is 10.6. The van der Waals surface area contributed by atoms with Gasteiger partial charge in [-0.05, 0) is 32.6 Å². The highest BCUT2D eigenvalue weighted by Crippen LogP contribution is 2.29. The number of rotatable bonds is 3. The van der Waals surface area contributed by atoms with E-state index in [0.717, 1.165) is 12.8 Å². The van der Waals surface area contributed by atoms with Gasteiger partial charge in [-0.15, -0.1) is 0 Å². The number of carboxylic acids is 1. The number of aliphatic hydroxyl groups is 1. The molecule has 1 aliphatic heterocycles. The van der Waals surface area contributed by atoms with Gasteiger partial charge < -0.3 is 20.0 Å². The van der Waals surface area contributed by atoms with Crippen LogP contribution in [0.2, 0.25) is 0 Å². The van der Waals surface area contributed by atoms with E-state index in [1.54, 1.807) is 11.8 Å². The molecule has 0 spiro atoms. The Labute approximate surface area is 106 Å². The Hall–Kier alpha value is -1.30. The number of hydrogen-bond donors (Lipinski definition) is 2. The third-order valence-corrected chi connectivity index (χ3v) is 3.65. The van der Waals surface area contributed by atoms with Crippen LogP contribution in [0.25, 0.3) is 0 Å². The molecule has 1 heterocycles. The number of aliphatic carboxylic acids is 1. The molecule has 1 saturated carbocycles. The first-order valence-electron chi connectivity index (χ1n) is 6.39. The predicted molar refractivity (Wildman–Crippen MR) is 64.2 cm³/mol. The molecule has 1 aliphatic carbocycles. The highest BCUT2D eigenvalue weighted by Gasteiger charge is 2.38. The van der Waals surface area contributed by atoms with Crippen molar-refractivity contribution in [3.05, 3.63) is 0 Å². The number of amides is 2. The fourth-order valence-corrected chi connectivity index (χ4v) is 2.25. The van der Waals surface area contributed by atoms with Crippen LogP contribution in [0.1, 0.15) is 32.6 Å². The van der Waals surface area contributed by atoms with Gasteiger partial charge in [0.2, 0.25) is 0 Å². The first-order chi connectivity index (χ1) is 8.39. The Morgan fingerprint density at radius 2 is 1.89 bits per heavy atom. The van der Waals surface area contributed by atoms with Gasteiger partial charge in [0.05, 0.1) is 5.60 Å². The second-order valence-electron chi connectivity index (χ2n) is 5.52. The average Bonchev–Trinajstić information content (AvgIpc) is 3.08. The monoisotopic (exact) mass is 256 g/mol. The highest BCUT2D eigenvalue weighted by atomic mass is 16.4. The first kappa shape index (κ1) is 13.1. The molecule has 0 atom stereocenters. The minimum Gasteiger partial charge on any atom is -0.480 e. The molecule has 2 fully saturated rings. The van der Waals surface area contributed by atoms with Crippen LogP contribution >= 0.6 is 0 Å². The van der Waals surface area contributed by atoms with E-state index in [1.165, 1.54) is 4.90 Å². The number of carbonyl (C=O) groups is 2. The molecule has 2 N–H and O–H groups in total. The van der Waals surface area contributed by atoms with Crippen LogP contribution in [0.5, 0.6) is 0 Å². The van der Waals surface area contributed by atoms with Gasteiger partial charge in [0, 0.05) is 19.1 Å². The minimum atomic E-state index is -0.973. The lowest BCUT2D eigenvalue weighted by molar-refractivity contribution is -0.138. The van der Waals surface area contributed by atoms with Crippen LogP contribution in [0.3, 0.4) is 0 Å². The van der Waals surface area contributed by atoms with E-state index in [2.05, 4.69) is 0 Å². The Morgan fingerprint density at radius 1 is 1.33 bits per heavy atom. The maximum Gasteiger partial charge on any atom is 0.323 e. The summed E-state index contributed by atoms with van der Waals surface area (Å²) in [4.78, 5) is 26.1. The second kappa shape index (κ2) is 4.76. The van der Waals surface area contributed by atoms with Gasteiger partial charge in [-0.2, -0.15) is 0 Å². The van der Waals surface area contributed by atoms with Gasteiger partial charge in [0.15, 0.2) is 0 Å². The Bertz CT molecular complexity index is 342. The molecule has 0 aromatic carbocycles. The van der Waals surface area contributed by atoms with E-state index in [4.69, 9.17) is 5.11 Å². The number of urea groups is 1. The van der Waals surface area contributed by atoms with Crippen LogP contribution in [-0.2, 0) is 4.79 Å². The van der Waals surface area contributed by atoms with Crippen LogP contribution in [0.4, 0.5) is 4.79 Å². The fraction of sp³-hybridized carbons (Fsp3) is 0.833. The summed E-state index contributed by atoms with van der Waals surface area (Å²) in [5.74, 6) is -0.973. The van der Waals surface area contributed by atoms with Gasteiger partial charge in [-0.3, -0.25) is 4.79 Å². The maximum absolute atomic E-state index is 12.2. The van der Waals surface area contributed by atoms with Gasteiger partial charge in [0.1, 0.15) is 6.54 Å². The second-order valence-corrected chi connectivity index (χ2v) is 5.52. The number of hydrogen-bond acceptors (Lipinski definition) is 3. The molecule has 1 saturated heterocycles. The van der Waals surface area contributed by atoms with Crippen LogP contribution in [0, 0.1) is 0 Å². The number of carboxylic acid groups (broad SMARTS) is 1. The molecular weight excluding hydrogens is 236 g/mol. The Balaban J connectivity index is 1.94. The lowest BCUT2D eigenvalue weighted by Crippen LogP contribution is -2.51. The van der Waals surface area contributed by atoms with E-state index < -0.39 is 11.6 Å². The molecule has 2 amide bonds. The topological polar surface area (TPSA) is 81.1 Å². The van der Waals surface area contributed by atoms with Crippen molar-refractivity contribution in [2.24, 2.45) is 0 Å². The van der Waals surface area contributed by atoms with Crippen molar-refractivity contribution in [2.75, 3.05) is 19.6 Å². The van der Waals surface area contributed by atoms with Crippen molar-refractivity contribution in [2.45, 2.75) is 44.2 Å². The average molecular weight is 256 g/mol. The predicted octanol–water partition coefficient (Wildman–Crippen LogP) is 0.502. The van der Waals surface area contributed by atoms with Gasteiger partial charge >= 0.3 is 12.0 Å². The number of carbonyl (C=O) groups excluding carboxylic acids is 1. The molecule has 0 unspecified atom stereocenters. The minimum absolute atomic E-state index is 0.0936. The van der Waals surface area contributed by atoms with Crippen molar-refractivity contribution >= 4 is 12.0 Å². The van der Waals surface area contributed by atoms with Crippen molar-refractivity contribution < 1.29 is 19.8 Å². The van der Waals surface area contributed by atoms with E-state index >= 15 is 0 Å². The molecule has 2 aliphatic rings. The number of likely N-dealkylation sites (tertiary alicyclic amines) is 1. The van der Waals surface area contributed by atoms with Crippen molar-refractivity contribution in [3.63, 3.8) is 0 Å².